The molecule has 0 aromatic heterocycles. The van der Waals surface area contributed by atoms with Gasteiger partial charge in [-0.2, -0.15) is 0 Å². The van der Waals surface area contributed by atoms with Crippen molar-refractivity contribution in [3.8, 4) is 0 Å². The van der Waals surface area contributed by atoms with Crippen molar-refractivity contribution in [3.63, 3.8) is 0 Å². The Morgan fingerprint density at radius 2 is 2.04 bits per heavy atom. The molecule has 0 saturated carbocycles. The van der Waals surface area contributed by atoms with E-state index in [0.717, 1.165) is 12.3 Å². The van der Waals surface area contributed by atoms with Crippen LogP contribution in [0.1, 0.15) is 63.1 Å². The summed E-state index contributed by atoms with van der Waals surface area (Å²) in [5.74, 6) is 0.760. The third-order valence-electron chi connectivity index (χ3n) is 6.06. The number of benzene rings is 1. The van der Waals surface area contributed by atoms with E-state index in [4.69, 9.17) is 0 Å². The fourth-order valence-electron chi connectivity index (χ4n) is 4.39. The smallest absolute Gasteiger partial charge is 0.00493 e. The Labute approximate surface area is 154 Å². The summed E-state index contributed by atoms with van der Waals surface area (Å²) in [4.78, 5) is 0. The average Bonchev–Trinajstić information content (AvgIpc) is 3.15. The second kappa shape index (κ2) is 7.60. The van der Waals surface area contributed by atoms with E-state index in [1.807, 2.05) is 0 Å². The van der Waals surface area contributed by atoms with E-state index in [-0.39, 0.29) is 0 Å². The molecule has 2 atom stereocenters. The van der Waals surface area contributed by atoms with Gasteiger partial charge in [0.05, 0.1) is 0 Å². The van der Waals surface area contributed by atoms with Crippen LogP contribution in [0.25, 0.3) is 6.08 Å². The number of hydrogen-bond acceptors (Lipinski definition) is 0. The first kappa shape index (κ1) is 18.0. The molecule has 0 saturated heterocycles. The molecule has 1 aromatic carbocycles. The van der Waals surface area contributed by atoms with Crippen LogP contribution in [0.4, 0.5) is 0 Å². The lowest BCUT2D eigenvalue weighted by Gasteiger charge is -2.33. The molecule has 0 fully saturated rings. The van der Waals surface area contributed by atoms with Gasteiger partial charge in [-0.15, -0.1) is 0 Å². The molecule has 0 radical (unpaired) electrons. The maximum atomic E-state index is 2.51. The van der Waals surface area contributed by atoms with Gasteiger partial charge in [-0.1, -0.05) is 80.5 Å². The van der Waals surface area contributed by atoms with Crippen LogP contribution in [0.15, 0.2) is 59.7 Å². The molecule has 0 heteroatoms. The van der Waals surface area contributed by atoms with Crippen LogP contribution in [0.3, 0.4) is 0 Å². The molecule has 0 heterocycles. The number of aryl methyl sites for hydroxylation is 1. The maximum Gasteiger partial charge on any atom is -0.00493 e. The van der Waals surface area contributed by atoms with Crippen LogP contribution >= 0.6 is 0 Å². The van der Waals surface area contributed by atoms with Gasteiger partial charge in [-0.05, 0) is 73.1 Å². The summed E-state index contributed by atoms with van der Waals surface area (Å²) in [6.07, 6.45) is 20.1. The van der Waals surface area contributed by atoms with Crippen LogP contribution in [-0.4, -0.2) is 0 Å². The molecule has 0 spiro atoms. The topological polar surface area (TPSA) is 0 Å². The maximum absolute atomic E-state index is 2.51. The summed E-state index contributed by atoms with van der Waals surface area (Å²) >= 11 is 0. The van der Waals surface area contributed by atoms with Crippen molar-refractivity contribution in [1.29, 1.82) is 0 Å². The standard InChI is InChI=1S/C25H32/c1-5-14-25(15-6-7-21(25)4)18-24-13-12-23(17-20(24)3)11-10-22-9-8-19(2)16-22/h6,9-13,15-17,21H,5,7-8,14,18H2,1-4H3/b11-10+. The molecule has 132 valence electrons. The first-order valence-electron chi connectivity index (χ1n) is 9.85. The minimum Gasteiger partial charge on any atom is -0.0877 e. The van der Waals surface area contributed by atoms with E-state index >= 15 is 0 Å². The van der Waals surface area contributed by atoms with Gasteiger partial charge in [0.1, 0.15) is 0 Å². The fraction of sp³-hybridized carbons (Fsp3) is 0.440. The SMILES string of the molecule is CCCC1(Cc2ccc(/C=C/C3=CCC(C)=C3)cc2C)C=CCC1C. The molecule has 0 N–H and O–H groups in total. The molecule has 0 amide bonds. The highest BCUT2D eigenvalue weighted by Crippen LogP contribution is 2.44. The molecule has 0 aliphatic heterocycles. The van der Waals surface area contributed by atoms with Crippen molar-refractivity contribution in [1.82, 2.24) is 0 Å². The molecule has 3 rings (SSSR count). The van der Waals surface area contributed by atoms with Crippen molar-refractivity contribution >= 4 is 6.08 Å². The molecular formula is C25H32. The molecule has 2 aliphatic carbocycles. The Morgan fingerprint density at radius 1 is 1.20 bits per heavy atom. The van der Waals surface area contributed by atoms with Gasteiger partial charge >= 0.3 is 0 Å². The third kappa shape index (κ3) is 4.06. The zero-order valence-corrected chi connectivity index (χ0v) is 16.3. The van der Waals surface area contributed by atoms with Gasteiger partial charge in [-0.25, -0.2) is 0 Å². The number of allylic oxidation sites excluding steroid dienone is 7. The van der Waals surface area contributed by atoms with Crippen molar-refractivity contribution in [3.05, 3.63) is 76.4 Å². The number of hydrogen-bond donors (Lipinski definition) is 0. The lowest BCUT2D eigenvalue weighted by molar-refractivity contribution is 0.243. The zero-order valence-electron chi connectivity index (χ0n) is 16.3. The molecule has 2 unspecified atom stereocenters. The highest BCUT2D eigenvalue weighted by Gasteiger charge is 2.35. The van der Waals surface area contributed by atoms with Gasteiger partial charge in [-0.3, -0.25) is 0 Å². The summed E-state index contributed by atoms with van der Waals surface area (Å²) < 4.78 is 0. The van der Waals surface area contributed by atoms with Crippen molar-refractivity contribution in [2.75, 3.05) is 0 Å². The fourth-order valence-corrected chi connectivity index (χ4v) is 4.39. The molecule has 0 nitrogen and oxygen atoms in total. The van der Waals surface area contributed by atoms with E-state index in [2.05, 4.69) is 82.4 Å². The quantitative estimate of drug-likeness (QED) is 0.483. The van der Waals surface area contributed by atoms with Crippen molar-refractivity contribution < 1.29 is 0 Å². The summed E-state index contributed by atoms with van der Waals surface area (Å²) in [5, 5.41) is 0. The van der Waals surface area contributed by atoms with Crippen molar-refractivity contribution in [2.45, 2.75) is 59.8 Å². The van der Waals surface area contributed by atoms with Crippen LogP contribution in [0.5, 0.6) is 0 Å². The molecule has 25 heavy (non-hydrogen) atoms. The lowest BCUT2D eigenvalue weighted by atomic mass is 9.71. The van der Waals surface area contributed by atoms with E-state index in [1.165, 1.54) is 53.5 Å². The lowest BCUT2D eigenvalue weighted by Crippen LogP contribution is -2.26. The van der Waals surface area contributed by atoms with Gasteiger partial charge in [0.25, 0.3) is 0 Å². The van der Waals surface area contributed by atoms with E-state index < -0.39 is 0 Å². The van der Waals surface area contributed by atoms with Crippen LogP contribution < -0.4 is 0 Å². The Hall–Kier alpha value is -1.82. The predicted octanol–water partition coefficient (Wildman–Crippen LogP) is 7.21. The Balaban J connectivity index is 1.76. The summed E-state index contributed by atoms with van der Waals surface area (Å²) in [6.45, 7) is 9.21. The minimum absolute atomic E-state index is 0.369. The highest BCUT2D eigenvalue weighted by atomic mass is 14.4. The second-order valence-corrected chi connectivity index (χ2v) is 8.12. The minimum atomic E-state index is 0.369. The molecule has 0 bridgehead atoms. The Morgan fingerprint density at radius 3 is 2.64 bits per heavy atom. The Kier molecular flexibility index (Phi) is 5.47. The van der Waals surface area contributed by atoms with Gasteiger partial charge in [0.15, 0.2) is 0 Å². The van der Waals surface area contributed by atoms with Gasteiger partial charge in [0, 0.05) is 0 Å². The predicted molar refractivity (Wildman–Crippen MR) is 111 cm³/mol. The first-order chi connectivity index (χ1) is 12.0. The Bertz CT molecular complexity index is 741. The van der Waals surface area contributed by atoms with Crippen LogP contribution in [0.2, 0.25) is 0 Å². The van der Waals surface area contributed by atoms with Crippen LogP contribution in [-0.2, 0) is 6.42 Å². The summed E-state index contributed by atoms with van der Waals surface area (Å²) in [5.41, 5.74) is 7.40. The van der Waals surface area contributed by atoms with Crippen molar-refractivity contribution in [2.24, 2.45) is 11.3 Å². The zero-order chi connectivity index (χ0) is 17.9. The summed E-state index contributed by atoms with van der Waals surface area (Å²) in [7, 11) is 0. The van der Waals surface area contributed by atoms with E-state index in [9.17, 15) is 0 Å². The van der Waals surface area contributed by atoms with Gasteiger partial charge < -0.3 is 0 Å². The average molecular weight is 333 g/mol. The highest BCUT2D eigenvalue weighted by molar-refractivity contribution is 5.57. The molecule has 1 aromatic rings. The molecular weight excluding hydrogens is 300 g/mol. The van der Waals surface area contributed by atoms with E-state index in [0.29, 0.717) is 5.41 Å². The number of rotatable bonds is 6. The molecule has 2 aliphatic rings. The second-order valence-electron chi connectivity index (χ2n) is 8.12. The van der Waals surface area contributed by atoms with Crippen LogP contribution in [0, 0.1) is 18.3 Å². The van der Waals surface area contributed by atoms with Gasteiger partial charge in [0.2, 0.25) is 0 Å². The normalized spacial score (nSPS) is 25.7. The monoisotopic (exact) mass is 332 g/mol. The largest absolute Gasteiger partial charge is 0.0877 e. The third-order valence-corrected chi connectivity index (χ3v) is 6.06. The van der Waals surface area contributed by atoms with E-state index in [1.54, 1.807) is 0 Å². The summed E-state index contributed by atoms with van der Waals surface area (Å²) in [6, 6.07) is 6.99. The first-order valence-corrected chi connectivity index (χ1v) is 9.85.